The predicted molar refractivity (Wildman–Crippen MR) is 116 cm³/mol. The number of nitrogens with zero attached hydrogens (tertiary/aromatic N) is 2. The Labute approximate surface area is 173 Å². The van der Waals surface area contributed by atoms with E-state index in [0.717, 1.165) is 21.6 Å². The van der Waals surface area contributed by atoms with Gasteiger partial charge in [-0.15, -0.1) is 11.3 Å². The summed E-state index contributed by atoms with van der Waals surface area (Å²) in [5.41, 5.74) is 3.67. The first kappa shape index (κ1) is 19.0. The molecule has 3 nitrogen and oxygen atoms in total. The molecule has 5 heteroatoms. The monoisotopic (exact) mass is 402 g/mol. The molecule has 144 valence electrons. The van der Waals surface area contributed by atoms with Crippen LogP contribution in [0.5, 0.6) is 5.75 Å². The Kier molecular flexibility index (Phi) is 5.77. The minimum atomic E-state index is -0.305. The van der Waals surface area contributed by atoms with Crippen LogP contribution in [0.1, 0.15) is 16.5 Å². The van der Waals surface area contributed by atoms with Gasteiger partial charge < -0.3 is 4.74 Å². The van der Waals surface area contributed by atoms with Gasteiger partial charge >= 0.3 is 0 Å². The Morgan fingerprint density at radius 2 is 1.66 bits per heavy atom. The quantitative estimate of drug-likeness (QED) is 0.309. The molecule has 0 radical (unpaired) electrons. The van der Waals surface area contributed by atoms with E-state index in [1.807, 2.05) is 53.9 Å². The molecule has 1 unspecified atom stereocenters. The highest BCUT2D eigenvalue weighted by molar-refractivity contribution is 7.10. The lowest BCUT2D eigenvalue weighted by molar-refractivity contribution is 0.415. The molecule has 0 saturated heterocycles. The first-order valence-electron chi connectivity index (χ1n) is 9.18. The molecule has 4 rings (SSSR count). The predicted octanol–water partition coefficient (Wildman–Crippen LogP) is 7.44. The average molecular weight is 402 g/mol. The molecule has 1 aromatic heterocycles. The van der Waals surface area contributed by atoms with Gasteiger partial charge in [-0.05, 0) is 52.4 Å². The molecule has 0 fully saturated rings. The molecule has 4 aromatic rings. The van der Waals surface area contributed by atoms with Crippen LogP contribution in [0.15, 0.2) is 101 Å². The lowest BCUT2D eigenvalue weighted by Gasteiger charge is -2.11. The highest BCUT2D eigenvalue weighted by atomic mass is 32.1. The summed E-state index contributed by atoms with van der Waals surface area (Å²) in [7, 11) is 1.62. The highest BCUT2D eigenvalue weighted by Crippen LogP contribution is 2.36. The van der Waals surface area contributed by atoms with Gasteiger partial charge in [0.1, 0.15) is 23.3 Å². The normalized spacial score (nSPS) is 12.2. The Morgan fingerprint density at radius 1 is 0.862 bits per heavy atom. The summed E-state index contributed by atoms with van der Waals surface area (Å²) in [5.74, 6) is 0.380. The molecule has 1 atom stereocenters. The molecule has 1 heterocycles. The van der Waals surface area contributed by atoms with Gasteiger partial charge in [-0.25, -0.2) is 4.39 Å². The van der Waals surface area contributed by atoms with Crippen molar-refractivity contribution in [1.29, 1.82) is 0 Å². The number of hydrogen-bond donors (Lipinski definition) is 0. The van der Waals surface area contributed by atoms with Crippen molar-refractivity contribution < 1.29 is 9.13 Å². The van der Waals surface area contributed by atoms with Crippen LogP contribution in [0, 0.1) is 5.82 Å². The lowest BCUT2D eigenvalue weighted by atomic mass is 10.0. The van der Waals surface area contributed by atoms with Crippen LogP contribution in [0.3, 0.4) is 0 Å². The van der Waals surface area contributed by atoms with Crippen LogP contribution in [0.4, 0.5) is 10.1 Å². The fraction of sp³-hybridized carbons (Fsp3) is 0.0833. The van der Waals surface area contributed by atoms with E-state index in [1.165, 1.54) is 12.1 Å². The molecule has 0 bridgehead atoms. The summed E-state index contributed by atoms with van der Waals surface area (Å²) in [4.78, 5) is 1.04. The summed E-state index contributed by atoms with van der Waals surface area (Å²) >= 11 is 1.60. The number of rotatable bonds is 6. The molecule has 0 amide bonds. The van der Waals surface area contributed by atoms with Crippen molar-refractivity contribution in [1.82, 2.24) is 0 Å². The van der Waals surface area contributed by atoms with Gasteiger partial charge in [0.15, 0.2) is 0 Å². The number of hydrogen-bond acceptors (Lipinski definition) is 4. The minimum absolute atomic E-state index is 0.271. The van der Waals surface area contributed by atoms with Crippen molar-refractivity contribution in [3.63, 3.8) is 0 Å². The van der Waals surface area contributed by atoms with Crippen molar-refractivity contribution in [2.45, 2.75) is 6.04 Å². The van der Waals surface area contributed by atoms with Gasteiger partial charge in [0, 0.05) is 4.88 Å². The van der Waals surface area contributed by atoms with Crippen LogP contribution in [0.25, 0.3) is 11.1 Å². The van der Waals surface area contributed by atoms with Gasteiger partial charge in [-0.1, -0.05) is 54.6 Å². The maximum absolute atomic E-state index is 13.4. The zero-order valence-electron chi connectivity index (χ0n) is 15.8. The van der Waals surface area contributed by atoms with E-state index in [9.17, 15) is 4.39 Å². The van der Waals surface area contributed by atoms with Crippen LogP contribution < -0.4 is 4.74 Å². The van der Waals surface area contributed by atoms with Crippen LogP contribution in [-0.4, -0.2) is 7.11 Å². The van der Waals surface area contributed by atoms with E-state index in [0.29, 0.717) is 11.4 Å². The zero-order chi connectivity index (χ0) is 20.1. The van der Waals surface area contributed by atoms with Gasteiger partial charge in [0.2, 0.25) is 0 Å². The second kappa shape index (κ2) is 8.80. The third-order valence-electron chi connectivity index (χ3n) is 4.57. The topological polar surface area (TPSA) is 34.0 Å². The van der Waals surface area contributed by atoms with E-state index < -0.39 is 0 Å². The number of methoxy groups -OCH3 is 1. The van der Waals surface area contributed by atoms with Gasteiger partial charge in [-0.3, -0.25) is 0 Å². The Bertz CT molecular complexity index is 1090. The fourth-order valence-corrected chi connectivity index (χ4v) is 3.86. The highest BCUT2D eigenvalue weighted by Gasteiger charge is 2.15. The Balaban J connectivity index is 1.72. The first-order chi connectivity index (χ1) is 14.2. The third kappa shape index (κ3) is 4.41. The van der Waals surface area contributed by atoms with Crippen molar-refractivity contribution in [2.75, 3.05) is 7.11 Å². The second-order valence-corrected chi connectivity index (χ2v) is 7.42. The van der Waals surface area contributed by atoms with Crippen LogP contribution in [-0.2, 0) is 0 Å². The Hall–Kier alpha value is -3.31. The number of thiophene rings is 1. The van der Waals surface area contributed by atoms with E-state index in [1.54, 1.807) is 30.6 Å². The molecule has 0 aliphatic heterocycles. The van der Waals surface area contributed by atoms with Gasteiger partial charge in [0.05, 0.1) is 7.11 Å². The molecule has 0 saturated carbocycles. The van der Waals surface area contributed by atoms with E-state index in [-0.39, 0.29) is 11.9 Å². The third-order valence-corrected chi connectivity index (χ3v) is 5.49. The van der Waals surface area contributed by atoms with Crippen molar-refractivity contribution in [2.24, 2.45) is 10.2 Å². The SMILES string of the molecule is COc1ccc(-c2ccccc2)cc1N=NC(c1ccc(F)cc1)c1cccs1. The lowest BCUT2D eigenvalue weighted by Crippen LogP contribution is -1.95. The largest absolute Gasteiger partial charge is 0.494 e. The smallest absolute Gasteiger partial charge is 0.146 e. The fourth-order valence-electron chi connectivity index (χ4n) is 3.08. The second-order valence-electron chi connectivity index (χ2n) is 6.44. The molecular formula is C24H19FN2OS. The summed E-state index contributed by atoms with van der Waals surface area (Å²) in [6, 6.07) is 26.0. The summed E-state index contributed by atoms with van der Waals surface area (Å²) in [5, 5.41) is 11.1. The summed E-state index contributed by atoms with van der Waals surface area (Å²) in [6.45, 7) is 0. The molecule has 0 spiro atoms. The summed E-state index contributed by atoms with van der Waals surface area (Å²) in [6.07, 6.45) is 0. The van der Waals surface area contributed by atoms with Crippen LogP contribution in [0.2, 0.25) is 0 Å². The Morgan fingerprint density at radius 3 is 2.34 bits per heavy atom. The maximum Gasteiger partial charge on any atom is 0.146 e. The maximum atomic E-state index is 13.4. The van der Waals surface area contributed by atoms with Crippen molar-refractivity contribution in [3.05, 3.63) is 107 Å². The van der Waals surface area contributed by atoms with E-state index >= 15 is 0 Å². The number of benzene rings is 3. The van der Waals surface area contributed by atoms with Gasteiger partial charge in [-0.2, -0.15) is 10.2 Å². The molecule has 0 aliphatic rings. The molecular weight excluding hydrogens is 383 g/mol. The number of halogens is 1. The molecule has 3 aromatic carbocycles. The zero-order valence-corrected chi connectivity index (χ0v) is 16.6. The molecule has 29 heavy (non-hydrogen) atoms. The van der Waals surface area contributed by atoms with E-state index in [2.05, 4.69) is 22.4 Å². The van der Waals surface area contributed by atoms with Crippen molar-refractivity contribution in [3.8, 4) is 16.9 Å². The molecule has 0 N–H and O–H groups in total. The number of ether oxygens (including phenoxy) is 1. The molecule has 0 aliphatic carbocycles. The average Bonchev–Trinajstić information content (AvgIpc) is 3.30. The number of azo groups is 1. The minimum Gasteiger partial charge on any atom is -0.494 e. The van der Waals surface area contributed by atoms with E-state index in [4.69, 9.17) is 4.74 Å². The summed E-state index contributed by atoms with van der Waals surface area (Å²) < 4.78 is 18.9. The first-order valence-corrected chi connectivity index (χ1v) is 10.1. The van der Waals surface area contributed by atoms with Crippen molar-refractivity contribution >= 4 is 17.0 Å². The standard InChI is InChI=1S/C24H19FN2OS/c1-28-22-14-11-19(17-6-3-2-4-7-17)16-21(22)26-27-24(23-8-5-15-29-23)18-9-12-20(25)13-10-18/h2-16,24H,1H3. The van der Waals surface area contributed by atoms with Crippen LogP contribution >= 0.6 is 11.3 Å². The van der Waals surface area contributed by atoms with Gasteiger partial charge in [0.25, 0.3) is 0 Å².